The van der Waals surface area contributed by atoms with Crippen molar-refractivity contribution >= 4 is 29.3 Å². The molecule has 0 saturated carbocycles. The summed E-state index contributed by atoms with van der Waals surface area (Å²) in [5.41, 5.74) is 1.02. The fraction of sp³-hybridized carbons (Fsp3) is 0.333. The SMILES string of the molecule is C[N-]C(CC(=O)O)C(=O)COc1c(F)c(F)cc(F)c1F.O=C(c1cc(-c2ccccc2Cl)on1)N1CCCOCC1.[K+]. The van der Waals surface area contributed by atoms with E-state index >= 15 is 0 Å². The number of nitrogens with zero attached hydrogens (tertiary/aromatic N) is 3. The number of halogens is 5. The van der Waals surface area contributed by atoms with Crippen molar-refractivity contribution in [3.8, 4) is 17.1 Å². The Kier molecular flexibility index (Phi) is 15.2. The van der Waals surface area contributed by atoms with Gasteiger partial charge in [0.15, 0.2) is 34.6 Å². The van der Waals surface area contributed by atoms with Crippen LogP contribution in [0.3, 0.4) is 0 Å². The van der Waals surface area contributed by atoms with Crippen LogP contribution >= 0.6 is 11.6 Å². The standard InChI is InChI=1S/C15H15ClN2O3.C12H10F4NO4.K/c16-12-5-2-1-4-11(12)14-10-13(17-21-14)15(19)18-6-3-8-20-9-7-18;1-17-7(3-9(19)20)8(18)4-21-12-10(15)5(13)2-6(14)11(12)16;/h1-2,4-5,10H,3,6-9H2;2,7H,3-4H2,1H3,(H,19,20);/q;-1;+1. The van der Waals surface area contributed by atoms with Crippen molar-refractivity contribution in [3.63, 3.8) is 0 Å². The van der Waals surface area contributed by atoms with Crippen LogP contribution < -0.4 is 56.1 Å². The third kappa shape index (κ3) is 10.3. The molecule has 1 N–H and O–H groups in total. The van der Waals surface area contributed by atoms with Gasteiger partial charge in [-0.1, -0.05) is 34.9 Å². The van der Waals surface area contributed by atoms with Crippen molar-refractivity contribution in [1.82, 2.24) is 10.1 Å². The van der Waals surface area contributed by atoms with Gasteiger partial charge in [0.25, 0.3) is 5.91 Å². The molecule has 2 heterocycles. The second-order valence-corrected chi connectivity index (χ2v) is 9.15. The zero-order valence-electron chi connectivity index (χ0n) is 23.1. The molecule has 10 nitrogen and oxygen atoms in total. The van der Waals surface area contributed by atoms with Gasteiger partial charge >= 0.3 is 57.4 Å². The number of amides is 1. The fourth-order valence-corrected chi connectivity index (χ4v) is 3.94. The van der Waals surface area contributed by atoms with E-state index in [1.165, 1.54) is 7.05 Å². The van der Waals surface area contributed by atoms with Crippen LogP contribution in [0.1, 0.15) is 23.3 Å². The van der Waals surface area contributed by atoms with Crippen LogP contribution in [0.25, 0.3) is 16.6 Å². The van der Waals surface area contributed by atoms with Crippen molar-refractivity contribution in [1.29, 1.82) is 0 Å². The Labute approximate surface area is 291 Å². The predicted octanol–water partition coefficient (Wildman–Crippen LogP) is 1.90. The maximum Gasteiger partial charge on any atom is 1.00 e. The molecule has 226 valence electrons. The van der Waals surface area contributed by atoms with Crippen LogP contribution in [0.2, 0.25) is 5.02 Å². The van der Waals surface area contributed by atoms with Crippen molar-refractivity contribution in [3.05, 3.63) is 75.7 Å². The number of hydrogen-bond acceptors (Lipinski definition) is 7. The number of carboxylic acids is 1. The van der Waals surface area contributed by atoms with Crippen LogP contribution in [0, 0.1) is 23.3 Å². The molecule has 1 unspecified atom stereocenters. The summed E-state index contributed by atoms with van der Waals surface area (Å²) in [6.45, 7) is 1.51. The molecule has 0 radical (unpaired) electrons. The van der Waals surface area contributed by atoms with Gasteiger partial charge in [-0.15, -0.1) is 0 Å². The Morgan fingerprint density at radius 2 is 1.77 bits per heavy atom. The first-order valence-corrected chi connectivity index (χ1v) is 12.8. The molecule has 1 amide bonds. The minimum Gasteiger partial charge on any atom is -0.655 e. The van der Waals surface area contributed by atoms with E-state index in [1.807, 2.05) is 18.2 Å². The van der Waals surface area contributed by atoms with E-state index in [1.54, 1.807) is 17.0 Å². The summed E-state index contributed by atoms with van der Waals surface area (Å²) in [7, 11) is 1.18. The number of aromatic nitrogens is 1. The molecule has 1 saturated heterocycles. The topological polar surface area (TPSA) is 133 Å². The molecule has 1 aliphatic heterocycles. The summed E-state index contributed by atoms with van der Waals surface area (Å²) in [4.78, 5) is 36.2. The molecule has 1 fully saturated rings. The number of carbonyl (C=O) groups excluding carboxylic acids is 2. The first kappa shape index (κ1) is 36.8. The van der Waals surface area contributed by atoms with Crippen LogP contribution in [-0.2, 0) is 14.3 Å². The molecule has 1 aromatic heterocycles. The Balaban J connectivity index is 0.000000293. The van der Waals surface area contributed by atoms with Crippen LogP contribution in [0.4, 0.5) is 17.6 Å². The van der Waals surface area contributed by atoms with Gasteiger partial charge < -0.3 is 29.3 Å². The molecule has 1 atom stereocenters. The maximum absolute atomic E-state index is 13.3. The molecule has 2 aromatic carbocycles. The van der Waals surface area contributed by atoms with Crippen molar-refractivity contribution in [2.45, 2.75) is 18.9 Å². The zero-order valence-corrected chi connectivity index (χ0v) is 27.0. The predicted molar refractivity (Wildman–Crippen MR) is 140 cm³/mol. The molecule has 0 aliphatic carbocycles. The molecule has 4 rings (SSSR count). The molecule has 1 aliphatic rings. The number of ketones is 1. The average molecular weight is 654 g/mol. The van der Waals surface area contributed by atoms with E-state index in [4.69, 9.17) is 26.0 Å². The van der Waals surface area contributed by atoms with E-state index in [2.05, 4.69) is 15.2 Å². The summed E-state index contributed by atoms with van der Waals surface area (Å²) in [6, 6.07) is 7.64. The van der Waals surface area contributed by atoms with E-state index in [0.29, 0.717) is 42.8 Å². The van der Waals surface area contributed by atoms with E-state index in [0.717, 1.165) is 12.0 Å². The van der Waals surface area contributed by atoms with Gasteiger partial charge in [-0.25, -0.2) is 8.78 Å². The molecule has 16 heteroatoms. The smallest absolute Gasteiger partial charge is 0.655 e. The van der Waals surface area contributed by atoms with Crippen LogP contribution in [-0.4, -0.2) is 78.8 Å². The first-order chi connectivity index (χ1) is 20.0. The van der Waals surface area contributed by atoms with Crippen molar-refractivity contribution in [2.24, 2.45) is 0 Å². The van der Waals surface area contributed by atoms with Gasteiger partial charge in [0, 0.05) is 43.8 Å². The van der Waals surface area contributed by atoms with Crippen LogP contribution in [0.5, 0.6) is 5.75 Å². The summed E-state index contributed by atoms with van der Waals surface area (Å²) in [5.74, 6) is -10.2. The van der Waals surface area contributed by atoms with E-state index in [-0.39, 0.29) is 63.4 Å². The second-order valence-electron chi connectivity index (χ2n) is 8.74. The Hall–Kier alpha value is -2.37. The fourth-order valence-electron chi connectivity index (χ4n) is 3.71. The number of hydrogen-bond donors (Lipinski definition) is 1. The number of Topliss-reactive ketones (excluding diaryl/α,β-unsaturated/α-hetero) is 1. The Morgan fingerprint density at radius 3 is 2.40 bits per heavy atom. The molecule has 43 heavy (non-hydrogen) atoms. The van der Waals surface area contributed by atoms with Crippen molar-refractivity contribution < 1.29 is 102 Å². The zero-order chi connectivity index (χ0) is 30.8. The summed E-state index contributed by atoms with van der Waals surface area (Å²) >= 11 is 6.12. The monoisotopic (exact) mass is 653 g/mol. The quantitative estimate of drug-likeness (QED) is 0.210. The Morgan fingerprint density at radius 1 is 1.09 bits per heavy atom. The molecular formula is C27H25ClF4KN3O7. The van der Waals surface area contributed by atoms with Crippen molar-refractivity contribution in [2.75, 3.05) is 40.0 Å². The number of benzene rings is 2. The van der Waals surface area contributed by atoms with Gasteiger partial charge in [-0.05, 0) is 18.6 Å². The number of ether oxygens (including phenoxy) is 2. The minimum absolute atomic E-state index is 0. The van der Waals surface area contributed by atoms with Gasteiger partial charge in [0.2, 0.25) is 11.6 Å². The summed E-state index contributed by atoms with van der Waals surface area (Å²) in [5, 5.41) is 16.5. The maximum atomic E-state index is 13.3. The van der Waals surface area contributed by atoms with Gasteiger partial charge in [0.05, 0.1) is 11.6 Å². The van der Waals surface area contributed by atoms with E-state index < -0.39 is 59.8 Å². The number of rotatable bonds is 9. The average Bonchev–Trinajstić information content (AvgIpc) is 3.29. The van der Waals surface area contributed by atoms with E-state index in [9.17, 15) is 31.9 Å². The number of carboxylic acid groups (broad SMARTS) is 1. The second kappa shape index (κ2) is 17.8. The minimum atomic E-state index is -1.79. The molecular weight excluding hydrogens is 629 g/mol. The molecule has 0 spiro atoms. The number of aliphatic carboxylic acids is 1. The third-order valence-electron chi connectivity index (χ3n) is 5.86. The number of carbonyl (C=O) groups is 3. The first-order valence-electron chi connectivity index (χ1n) is 12.4. The normalized spacial score (nSPS) is 13.6. The summed E-state index contributed by atoms with van der Waals surface area (Å²) < 4.78 is 67.3. The van der Waals surface area contributed by atoms with Crippen LogP contribution in [0.15, 0.2) is 40.9 Å². The molecule has 3 aromatic rings. The Bertz CT molecular complexity index is 1390. The molecule has 0 bridgehead atoms. The van der Waals surface area contributed by atoms with Gasteiger partial charge in [-0.2, -0.15) is 15.8 Å². The largest absolute Gasteiger partial charge is 1.00 e. The third-order valence-corrected chi connectivity index (χ3v) is 6.19. The van der Waals surface area contributed by atoms with Gasteiger partial charge in [0.1, 0.15) is 6.61 Å². The summed E-state index contributed by atoms with van der Waals surface area (Å²) in [6.07, 6.45) is 0.197. The number of likely N-dealkylation sites (N-methyl/N-ethyl adjacent to an activating group) is 1. The van der Waals surface area contributed by atoms with Gasteiger partial charge in [-0.3, -0.25) is 14.4 Å².